The average molecular weight is 266 g/mol. The van der Waals surface area contributed by atoms with Crippen LogP contribution in [-0.4, -0.2) is 11.2 Å². The van der Waals surface area contributed by atoms with Gasteiger partial charge in [0.25, 0.3) is 0 Å². The minimum absolute atomic E-state index is 0.393. The summed E-state index contributed by atoms with van der Waals surface area (Å²) in [7, 11) is 0. The van der Waals surface area contributed by atoms with Crippen molar-refractivity contribution in [2.45, 2.75) is 10.8 Å². The highest BCUT2D eigenvalue weighted by Crippen LogP contribution is 2.31. The van der Waals surface area contributed by atoms with Crippen molar-refractivity contribution in [3.05, 3.63) is 48.2 Å². The fourth-order valence-corrected chi connectivity index (χ4v) is 2.15. The van der Waals surface area contributed by atoms with E-state index in [9.17, 15) is 0 Å². The van der Waals surface area contributed by atoms with E-state index >= 15 is 0 Å². The number of rotatable bonds is 4. The third-order valence-corrected chi connectivity index (χ3v) is 3.33. The average Bonchev–Trinajstić information content (AvgIpc) is 2.40. The topological polar surface area (TPSA) is 22.1 Å². The number of pyridine rings is 1. The third-order valence-electron chi connectivity index (χ3n) is 2.27. The van der Waals surface area contributed by atoms with Gasteiger partial charge in [0.05, 0.1) is 5.88 Å². The standard InChI is InChI=1S/C13H12ClNOS/c1-17-12-7-3-2-6-11(12)16-13-10(9-14)5-4-8-15-13/h2-8H,9H2,1H3. The normalized spacial score (nSPS) is 10.2. The predicted octanol–water partition coefficient (Wildman–Crippen LogP) is 4.33. The third kappa shape index (κ3) is 2.93. The van der Waals surface area contributed by atoms with Crippen molar-refractivity contribution < 1.29 is 4.74 Å². The molecule has 0 atom stereocenters. The molecule has 0 aliphatic carbocycles. The molecule has 0 saturated heterocycles. The Kier molecular flexibility index (Phi) is 4.29. The lowest BCUT2D eigenvalue weighted by Crippen LogP contribution is -1.93. The van der Waals surface area contributed by atoms with Gasteiger partial charge in [0.1, 0.15) is 5.75 Å². The monoisotopic (exact) mass is 265 g/mol. The van der Waals surface area contributed by atoms with E-state index < -0.39 is 0 Å². The first kappa shape index (κ1) is 12.3. The molecule has 1 aromatic carbocycles. The number of benzene rings is 1. The summed E-state index contributed by atoms with van der Waals surface area (Å²) < 4.78 is 5.81. The second-order valence-corrected chi connectivity index (χ2v) is 4.47. The molecule has 0 fully saturated rings. The van der Waals surface area contributed by atoms with Gasteiger partial charge in [0, 0.05) is 16.7 Å². The number of aromatic nitrogens is 1. The van der Waals surface area contributed by atoms with Gasteiger partial charge in [0.2, 0.25) is 5.88 Å². The zero-order valence-corrected chi connectivity index (χ0v) is 11.0. The van der Waals surface area contributed by atoms with Crippen LogP contribution in [0.3, 0.4) is 0 Å². The highest BCUT2D eigenvalue weighted by Gasteiger charge is 2.07. The van der Waals surface area contributed by atoms with Crippen LogP contribution in [0.15, 0.2) is 47.5 Å². The lowest BCUT2D eigenvalue weighted by Gasteiger charge is -2.10. The number of alkyl halides is 1. The summed E-state index contributed by atoms with van der Waals surface area (Å²) in [5, 5.41) is 0. The van der Waals surface area contributed by atoms with Gasteiger partial charge in [-0.05, 0) is 24.5 Å². The number of hydrogen-bond donors (Lipinski definition) is 0. The SMILES string of the molecule is CSc1ccccc1Oc1ncccc1CCl. The van der Waals surface area contributed by atoms with Gasteiger partial charge in [0.15, 0.2) is 0 Å². The maximum atomic E-state index is 5.85. The number of nitrogens with zero attached hydrogens (tertiary/aromatic N) is 1. The lowest BCUT2D eigenvalue weighted by atomic mass is 10.3. The molecule has 1 aromatic heterocycles. The highest BCUT2D eigenvalue weighted by atomic mass is 35.5. The van der Waals surface area contributed by atoms with Gasteiger partial charge >= 0.3 is 0 Å². The molecular formula is C13H12ClNOS. The molecule has 88 valence electrons. The Morgan fingerprint density at radius 2 is 2.06 bits per heavy atom. The molecule has 0 spiro atoms. The van der Waals surface area contributed by atoms with Crippen molar-refractivity contribution in [3.63, 3.8) is 0 Å². The van der Waals surface area contributed by atoms with Crippen LogP contribution in [0.4, 0.5) is 0 Å². The van der Waals surface area contributed by atoms with E-state index in [0.717, 1.165) is 16.2 Å². The summed E-state index contributed by atoms with van der Waals surface area (Å²) in [6, 6.07) is 11.6. The van der Waals surface area contributed by atoms with Crippen molar-refractivity contribution in [1.82, 2.24) is 4.98 Å². The van der Waals surface area contributed by atoms with E-state index in [0.29, 0.717) is 11.8 Å². The molecule has 2 nitrogen and oxygen atoms in total. The van der Waals surface area contributed by atoms with Crippen molar-refractivity contribution >= 4 is 23.4 Å². The molecule has 17 heavy (non-hydrogen) atoms. The molecule has 4 heteroatoms. The summed E-state index contributed by atoms with van der Waals surface area (Å²) in [5.41, 5.74) is 0.894. The van der Waals surface area contributed by atoms with Gasteiger partial charge in [-0.15, -0.1) is 23.4 Å². The zero-order chi connectivity index (χ0) is 12.1. The number of ether oxygens (including phenoxy) is 1. The van der Waals surface area contributed by atoms with Crippen LogP contribution in [0.1, 0.15) is 5.56 Å². The Morgan fingerprint density at radius 3 is 2.82 bits per heavy atom. The minimum Gasteiger partial charge on any atom is -0.438 e. The molecule has 2 aromatic rings. The molecule has 0 N–H and O–H groups in total. The van der Waals surface area contributed by atoms with E-state index in [1.807, 2.05) is 42.7 Å². The second kappa shape index (κ2) is 5.94. The summed E-state index contributed by atoms with van der Waals surface area (Å²) >= 11 is 7.49. The first-order valence-corrected chi connectivity index (χ1v) is 6.92. The number of para-hydroxylation sites is 1. The fourth-order valence-electron chi connectivity index (χ4n) is 1.42. The van der Waals surface area contributed by atoms with E-state index in [1.165, 1.54) is 0 Å². The molecule has 0 unspecified atom stereocenters. The second-order valence-electron chi connectivity index (χ2n) is 3.35. The van der Waals surface area contributed by atoms with Crippen molar-refractivity contribution in [2.75, 3.05) is 6.26 Å². The Morgan fingerprint density at radius 1 is 1.24 bits per heavy atom. The van der Waals surface area contributed by atoms with Crippen LogP contribution in [0.2, 0.25) is 0 Å². The van der Waals surface area contributed by atoms with Crippen LogP contribution in [0, 0.1) is 0 Å². The smallest absolute Gasteiger partial charge is 0.223 e. The summed E-state index contributed by atoms with van der Waals surface area (Å²) in [5.74, 6) is 1.78. The van der Waals surface area contributed by atoms with Gasteiger partial charge in [-0.25, -0.2) is 4.98 Å². The fraction of sp³-hybridized carbons (Fsp3) is 0.154. The van der Waals surface area contributed by atoms with Crippen LogP contribution in [-0.2, 0) is 5.88 Å². The summed E-state index contributed by atoms with van der Waals surface area (Å²) in [6.45, 7) is 0. The number of hydrogen-bond acceptors (Lipinski definition) is 3. The largest absolute Gasteiger partial charge is 0.438 e. The van der Waals surface area contributed by atoms with Crippen molar-refractivity contribution in [2.24, 2.45) is 0 Å². The molecule has 0 bridgehead atoms. The Bertz CT molecular complexity index is 459. The maximum Gasteiger partial charge on any atom is 0.223 e. The molecular weight excluding hydrogens is 254 g/mol. The van der Waals surface area contributed by atoms with Crippen LogP contribution < -0.4 is 4.74 Å². The predicted molar refractivity (Wildman–Crippen MR) is 72.1 cm³/mol. The Hall–Kier alpha value is -1.19. The minimum atomic E-state index is 0.393. The van der Waals surface area contributed by atoms with Crippen molar-refractivity contribution in [3.8, 4) is 11.6 Å². The first-order chi connectivity index (χ1) is 8.35. The van der Waals surface area contributed by atoms with Crippen molar-refractivity contribution in [1.29, 1.82) is 0 Å². The van der Waals surface area contributed by atoms with Crippen LogP contribution in [0.25, 0.3) is 0 Å². The molecule has 0 radical (unpaired) electrons. The summed E-state index contributed by atoms with van der Waals surface area (Å²) in [6.07, 6.45) is 3.72. The number of halogens is 1. The lowest BCUT2D eigenvalue weighted by molar-refractivity contribution is 0.448. The van der Waals surface area contributed by atoms with Crippen LogP contribution in [0.5, 0.6) is 11.6 Å². The molecule has 0 aliphatic heterocycles. The molecule has 2 rings (SSSR count). The zero-order valence-electron chi connectivity index (χ0n) is 9.39. The molecule has 0 amide bonds. The molecule has 1 heterocycles. The van der Waals surface area contributed by atoms with E-state index in [1.54, 1.807) is 18.0 Å². The number of thioether (sulfide) groups is 1. The van der Waals surface area contributed by atoms with Gasteiger partial charge in [-0.2, -0.15) is 0 Å². The van der Waals surface area contributed by atoms with Gasteiger partial charge < -0.3 is 4.74 Å². The maximum absolute atomic E-state index is 5.85. The Labute approximate surface area is 110 Å². The van der Waals surface area contributed by atoms with E-state index in [2.05, 4.69) is 4.98 Å². The molecule has 0 saturated carbocycles. The van der Waals surface area contributed by atoms with Crippen LogP contribution >= 0.6 is 23.4 Å². The first-order valence-electron chi connectivity index (χ1n) is 5.16. The quantitative estimate of drug-likeness (QED) is 0.607. The Balaban J connectivity index is 2.31. The van der Waals surface area contributed by atoms with Gasteiger partial charge in [-0.3, -0.25) is 0 Å². The molecule has 0 aliphatic rings. The van der Waals surface area contributed by atoms with E-state index in [-0.39, 0.29) is 0 Å². The highest BCUT2D eigenvalue weighted by molar-refractivity contribution is 7.98. The van der Waals surface area contributed by atoms with Gasteiger partial charge in [-0.1, -0.05) is 18.2 Å². The summed E-state index contributed by atoms with van der Waals surface area (Å²) in [4.78, 5) is 5.29. The van der Waals surface area contributed by atoms with E-state index in [4.69, 9.17) is 16.3 Å².